The molecule has 0 saturated carbocycles. The standard InChI is InChI=1S/C12H15Cl2FN2O2S.ClH/c1-7-9(3-2-6-16-7)17-20(18,19)10-5-4-8(13)12(15)11(10)14;/h4-5,7,9,16-17H,2-3,6H2,1H3;1H. The van der Waals surface area contributed by atoms with Crippen LogP contribution in [0.5, 0.6) is 0 Å². The highest BCUT2D eigenvalue weighted by Crippen LogP contribution is 2.29. The lowest BCUT2D eigenvalue weighted by Crippen LogP contribution is -2.51. The van der Waals surface area contributed by atoms with Crippen LogP contribution in [0.2, 0.25) is 10.0 Å². The maximum Gasteiger partial charge on any atom is 0.242 e. The van der Waals surface area contributed by atoms with E-state index in [-0.39, 0.29) is 34.4 Å². The number of hydrogen-bond donors (Lipinski definition) is 2. The molecule has 1 fully saturated rings. The minimum atomic E-state index is -3.88. The molecule has 0 bridgehead atoms. The zero-order valence-electron chi connectivity index (χ0n) is 11.2. The van der Waals surface area contributed by atoms with Gasteiger partial charge in [-0.05, 0) is 38.4 Å². The van der Waals surface area contributed by atoms with Crippen molar-refractivity contribution in [1.82, 2.24) is 10.0 Å². The topological polar surface area (TPSA) is 58.2 Å². The van der Waals surface area contributed by atoms with Crippen molar-refractivity contribution < 1.29 is 12.8 Å². The first-order valence-corrected chi connectivity index (χ1v) is 8.46. The van der Waals surface area contributed by atoms with Crippen molar-refractivity contribution in [3.63, 3.8) is 0 Å². The molecule has 1 aromatic rings. The SMILES string of the molecule is CC1NCCCC1NS(=O)(=O)c1ccc(Cl)c(F)c1Cl.Cl. The monoisotopic (exact) mass is 376 g/mol. The summed E-state index contributed by atoms with van der Waals surface area (Å²) >= 11 is 11.3. The highest BCUT2D eigenvalue weighted by Gasteiger charge is 2.29. The van der Waals surface area contributed by atoms with Crippen LogP contribution in [0.1, 0.15) is 19.8 Å². The molecule has 0 amide bonds. The van der Waals surface area contributed by atoms with E-state index in [0.29, 0.717) is 0 Å². The lowest BCUT2D eigenvalue weighted by atomic mass is 10.0. The molecule has 1 heterocycles. The van der Waals surface area contributed by atoms with Crippen LogP contribution in [-0.2, 0) is 10.0 Å². The molecule has 0 aliphatic carbocycles. The van der Waals surface area contributed by atoms with Crippen molar-refractivity contribution in [3.05, 3.63) is 28.0 Å². The smallest absolute Gasteiger partial charge is 0.242 e. The molecule has 2 unspecified atom stereocenters. The molecule has 9 heteroatoms. The van der Waals surface area contributed by atoms with E-state index < -0.39 is 20.9 Å². The van der Waals surface area contributed by atoms with Gasteiger partial charge in [0.25, 0.3) is 0 Å². The second-order valence-corrected chi connectivity index (χ2v) is 7.25. The largest absolute Gasteiger partial charge is 0.313 e. The first-order chi connectivity index (χ1) is 9.33. The molecule has 0 radical (unpaired) electrons. The van der Waals surface area contributed by atoms with Crippen LogP contribution in [0.4, 0.5) is 4.39 Å². The van der Waals surface area contributed by atoms with Crippen LogP contribution in [0.3, 0.4) is 0 Å². The normalized spacial score (nSPS) is 22.7. The maximum absolute atomic E-state index is 13.6. The van der Waals surface area contributed by atoms with Gasteiger partial charge in [0.05, 0.1) is 10.0 Å². The van der Waals surface area contributed by atoms with E-state index in [1.165, 1.54) is 12.1 Å². The number of sulfonamides is 1. The molecule has 120 valence electrons. The van der Waals surface area contributed by atoms with Crippen LogP contribution in [0.15, 0.2) is 17.0 Å². The summed E-state index contributed by atoms with van der Waals surface area (Å²) < 4.78 is 40.8. The van der Waals surface area contributed by atoms with Crippen molar-refractivity contribution >= 4 is 45.6 Å². The predicted molar refractivity (Wildman–Crippen MR) is 84.5 cm³/mol. The zero-order chi connectivity index (χ0) is 14.9. The second-order valence-electron chi connectivity index (χ2n) is 4.79. The Balaban J connectivity index is 0.00000220. The van der Waals surface area contributed by atoms with Gasteiger partial charge in [-0.25, -0.2) is 17.5 Å². The van der Waals surface area contributed by atoms with E-state index in [0.717, 1.165) is 19.4 Å². The maximum atomic E-state index is 13.6. The highest BCUT2D eigenvalue weighted by molar-refractivity contribution is 7.89. The summed E-state index contributed by atoms with van der Waals surface area (Å²) in [5, 5.41) is 2.49. The number of rotatable bonds is 3. The molecule has 21 heavy (non-hydrogen) atoms. The molecule has 0 spiro atoms. The third-order valence-electron chi connectivity index (χ3n) is 3.36. The summed E-state index contributed by atoms with van der Waals surface area (Å²) in [4.78, 5) is -0.293. The van der Waals surface area contributed by atoms with E-state index in [1.807, 2.05) is 6.92 Å². The van der Waals surface area contributed by atoms with Crippen molar-refractivity contribution in [2.24, 2.45) is 0 Å². The Labute approximate surface area is 139 Å². The Hall–Kier alpha value is -0.110. The number of piperidine rings is 1. The molecule has 2 atom stereocenters. The molecule has 2 N–H and O–H groups in total. The molecule has 0 aromatic heterocycles. The summed E-state index contributed by atoms with van der Waals surface area (Å²) in [6.45, 7) is 2.76. The van der Waals surface area contributed by atoms with E-state index in [2.05, 4.69) is 10.0 Å². The summed E-state index contributed by atoms with van der Waals surface area (Å²) in [6.07, 6.45) is 1.60. The fourth-order valence-electron chi connectivity index (χ4n) is 2.18. The molecule has 1 aliphatic heterocycles. The van der Waals surface area contributed by atoms with Gasteiger partial charge >= 0.3 is 0 Å². The van der Waals surface area contributed by atoms with Gasteiger partial charge in [0.2, 0.25) is 10.0 Å². The third-order valence-corrected chi connectivity index (χ3v) is 5.66. The molecule has 1 aromatic carbocycles. The molecular formula is C12H16Cl3FN2O2S. The van der Waals surface area contributed by atoms with Gasteiger partial charge in [-0.1, -0.05) is 23.2 Å². The van der Waals surface area contributed by atoms with Crippen molar-refractivity contribution in [1.29, 1.82) is 0 Å². The van der Waals surface area contributed by atoms with Gasteiger partial charge in [0, 0.05) is 12.1 Å². The van der Waals surface area contributed by atoms with Crippen LogP contribution in [0.25, 0.3) is 0 Å². The van der Waals surface area contributed by atoms with Crippen LogP contribution >= 0.6 is 35.6 Å². The molecule has 1 aliphatic rings. The number of hydrogen-bond acceptors (Lipinski definition) is 3. The van der Waals surface area contributed by atoms with E-state index in [9.17, 15) is 12.8 Å². The first kappa shape index (κ1) is 18.9. The van der Waals surface area contributed by atoms with Gasteiger partial charge in [-0.2, -0.15) is 0 Å². The predicted octanol–water partition coefficient (Wildman–Crippen LogP) is 2.97. The van der Waals surface area contributed by atoms with Gasteiger partial charge in [0.15, 0.2) is 5.82 Å². The minimum absolute atomic E-state index is 0. The van der Waals surface area contributed by atoms with E-state index in [4.69, 9.17) is 23.2 Å². The fraction of sp³-hybridized carbons (Fsp3) is 0.500. The molecular weight excluding hydrogens is 362 g/mol. The van der Waals surface area contributed by atoms with Gasteiger partial charge < -0.3 is 5.32 Å². The lowest BCUT2D eigenvalue weighted by molar-refractivity contribution is 0.349. The highest BCUT2D eigenvalue weighted by atomic mass is 35.5. The van der Waals surface area contributed by atoms with Crippen LogP contribution in [0, 0.1) is 5.82 Å². The minimum Gasteiger partial charge on any atom is -0.313 e. The van der Waals surface area contributed by atoms with Crippen molar-refractivity contribution in [2.75, 3.05) is 6.54 Å². The number of halogens is 4. The third kappa shape index (κ3) is 4.21. The number of benzene rings is 1. The van der Waals surface area contributed by atoms with Gasteiger partial charge in [-0.15, -0.1) is 12.4 Å². The Morgan fingerprint density at radius 3 is 2.67 bits per heavy atom. The Morgan fingerprint density at radius 2 is 2.05 bits per heavy atom. The average molecular weight is 378 g/mol. The van der Waals surface area contributed by atoms with Gasteiger partial charge in [-0.3, -0.25) is 0 Å². The molecule has 1 saturated heterocycles. The Kier molecular flexibility index (Phi) is 6.71. The van der Waals surface area contributed by atoms with E-state index >= 15 is 0 Å². The summed E-state index contributed by atoms with van der Waals surface area (Å²) in [7, 11) is -3.88. The Morgan fingerprint density at radius 1 is 1.38 bits per heavy atom. The van der Waals surface area contributed by atoms with Crippen molar-refractivity contribution in [2.45, 2.75) is 36.7 Å². The summed E-state index contributed by atoms with van der Waals surface area (Å²) in [5.41, 5.74) is 0. The second kappa shape index (κ2) is 7.44. The summed E-state index contributed by atoms with van der Waals surface area (Å²) in [5.74, 6) is -0.925. The van der Waals surface area contributed by atoms with Gasteiger partial charge in [0.1, 0.15) is 4.90 Å². The van der Waals surface area contributed by atoms with Crippen molar-refractivity contribution in [3.8, 4) is 0 Å². The average Bonchev–Trinajstić information content (AvgIpc) is 2.38. The quantitative estimate of drug-likeness (QED) is 0.796. The molecule has 2 rings (SSSR count). The lowest BCUT2D eigenvalue weighted by Gasteiger charge is -2.30. The zero-order valence-corrected chi connectivity index (χ0v) is 14.3. The van der Waals surface area contributed by atoms with E-state index in [1.54, 1.807) is 0 Å². The van der Waals surface area contributed by atoms with Crippen LogP contribution < -0.4 is 10.0 Å². The fourth-order valence-corrected chi connectivity index (χ4v) is 4.28. The Bertz CT molecular complexity index is 613. The first-order valence-electron chi connectivity index (χ1n) is 6.22. The number of nitrogens with one attached hydrogen (secondary N) is 2. The molecule has 4 nitrogen and oxygen atoms in total. The van der Waals surface area contributed by atoms with Crippen LogP contribution in [-0.4, -0.2) is 27.0 Å². The summed E-state index contributed by atoms with van der Waals surface area (Å²) in [6, 6.07) is 2.15.